The molecule has 4 nitrogen and oxygen atoms in total. The van der Waals surface area contributed by atoms with E-state index in [1.54, 1.807) is 18.7 Å². The molecule has 1 N–H and O–H groups in total. The number of imidazole rings is 1. The lowest BCUT2D eigenvalue weighted by atomic mass is 10.3. The fourth-order valence-electron chi connectivity index (χ4n) is 1.31. The van der Waals surface area contributed by atoms with E-state index >= 15 is 0 Å². The van der Waals surface area contributed by atoms with Gasteiger partial charge in [0.15, 0.2) is 0 Å². The van der Waals surface area contributed by atoms with Crippen molar-refractivity contribution in [2.24, 2.45) is 0 Å². The normalized spacial score (nSPS) is 13.1. The van der Waals surface area contributed by atoms with E-state index in [0.717, 1.165) is 6.67 Å². The predicted octanol–water partition coefficient (Wildman–Crippen LogP) is 2.45. The molecule has 0 saturated heterocycles. The average Bonchev–Trinajstić information content (AvgIpc) is 2.88. The average molecular weight is 289 g/mol. The molecule has 0 fully saturated rings. The summed E-state index contributed by atoms with van der Waals surface area (Å²) in [5, 5.41) is 0. The molecule has 5 heteroatoms. The predicted molar refractivity (Wildman–Crippen MR) is 72.3 cm³/mol. The van der Waals surface area contributed by atoms with Crippen molar-refractivity contribution in [2.45, 2.75) is 19.8 Å². The minimum Gasteiger partial charge on any atom is -0.362 e. The zero-order chi connectivity index (χ0) is 10.9. The number of nitrogens with one attached hydrogen (secondary N) is 1. The second kappa shape index (κ2) is 9.27. The Hall–Kier alpha value is -0.970. The molecule has 0 amide bonds. The molecule has 0 bridgehead atoms. The van der Waals surface area contributed by atoms with Crippen LogP contribution in [0, 0.1) is 0 Å². The fourth-order valence-corrected chi connectivity index (χ4v) is 1.31. The van der Waals surface area contributed by atoms with Crippen molar-refractivity contribution in [1.82, 2.24) is 19.8 Å². The lowest BCUT2D eigenvalue weighted by molar-refractivity contribution is 0.293. The van der Waals surface area contributed by atoms with Crippen LogP contribution in [0.15, 0.2) is 31.1 Å². The van der Waals surface area contributed by atoms with E-state index in [2.05, 4.69) is 46.1 Å². The number of rotatable bonds is 3. The number of aromatic nitrogens is 2. The molecule has 1 aliphatic heterocycles. The van der Waals surface area contributed by atoms with Crippen LogP contribution in [0.4, 0.5) is 0 Å². The van der Waals surface area contributed by atoms with Gasteiger partial charge >= 0.3 is 0 Å². The maximum atomic E-state index is 3.67. The molecule has 1 aromatic rings. The number of nitrogens with zero attached hydrogens (tertiary/aromatic N) is 3. The summed E-state index contributed by atoms with van der Waals surface area (Å²) in [6, 6.07) is 0. The summed E-state index contributed by atoms with van der Waals surface area (Å²) in [5.74, 6) is 0. The van der Waals surface area contributed by atoms with E-state index in [0.29, 0.717) is 0 Å². The highest BCUT2D eigenvalue weighted by Crippen LogP contribution is 2.04. The van der Waals surface area contributed by atoms with Crippen molar-refractivity contribution < 1.29 is 0 Å². The Labute approximate surface area is 108 Å². The largest absolute Gasteiger partial charge is 0.362 e. The monoisotopic (exact) mass is 288 g/mol. The fraction of sp³-hybridized carbons (Fsp3) is 0.545. The van der Waals surface area contributed by atoms with Gasteiger partial charge in [-0.2, -0.15) is 0 Å². The summed E-state index contributed by atoms with van der Waals surface area (Å²) in [6.45, 7) is 4.50. The Morgan fingerprint density at radius 3 is 2.56 bits per heavy atom. The van der Waals surface area contributed by atoms with Gasteiger partial charge in [0.1, 0.15) is 0 Å². The van der Waals surface area contributed by atoms with Crippen molar-refractivity contribution >= 4 is 17.0 Å². The van der Waals surface area contributed by atoms with Gasteiger partial charge in [-0.3, -0.25) is 0 Å². The Morgan fingerprint density at radius 2 is 2.19 bits per heavy atom. The number of hydrogen-bond acceptors (Lipinski definition) is 3. The Balaban J connectivity index is 0.000000318. The molecular formula is C11H21BrN4. The topological polar surface area (TPSA) is 35.2 Å². The molecule has 1 aromatic heterocycles. The third-order valence-corrected chi connectivity index (χ3v) is 2.14. The van der Waals surface area contributed by atoms with Crippen LogP contribution < -0.4 is 0 Å². The van der Waals surface area contributed by atoms with Crippen LogP contribution in [0.1, 0.15) is 19.8 Å². The van der Waals surface area contributed by atoms with Gasteiger partial charge in [-0.15, -0.1) is 17.0 Å². The molecule has 0 aliphatic carbocycles. The van der Waals surface area contributed by atoms with Crippen LogP contribution in [0.5, 0.6) is 0 Å². The van der Waals surface area contributed by atoms with Crippen LogP contribution in [-0.2, 0) is 0 Å². The van der Waals surface area contributed by atoms with E-state index in [9.17, 15) is 0 Å². The zero-order valence-corrected chi connectivity index (χ0v) is 11.7. The van der Waals surface area contributed by atoms with Gasteiger partial charge in [-0.05, 0) is 6.42 Å². The van der Waals surface area contributed by atoms with Crippen molar-refractivity contribution in [3.63, 3.8) is 0 Å². The summed E-state index contributed by atoms with van der Waals surface area (Å²) in [7, 11) is 2.10. The SMILES string of the molecule is Br.CCCCN1C=CN(C)C1.c1c[nH]cn1. The quantitative estimate of drug-likeness (QED) is 0.928. The van der Waals surface area contributed by atoms with Crippen LogP contribution in [0.3, 0.4) is 0 Å². The van der Waals surface area contributed by atoms with Gasteiger partial charge in [0.05, 0.1) is 13.0 Å². The molecule has 0 spiro atoms. The van der Waals surface area contributed by atoms with Crippen LogP contribution >= 0.6 is 17.0 Å². The minimum absolute atomic E-state index is 0. The first-order valence-electron chi connectivity index (χ1n) is 5.38. The van der Waals surface area contributed by atoms with Gasteiger partial charge in [0.25, 0.3) is 0 Å². The summed E-state index contributed by atoms with van der Waals surface area (Å²) in [5.41, 5.74) is 0. The van der Waals surface area contributed by atoms with E-state index < -0.39 is 0 Å². The van der Waals surface area contributed by atoms with Crippen LogP contribution in [0.25, 0.3) is 0 Å². The molecule has 2 rings (SSSR count). The number of unbranched alkanes of at least 4 members (excludes halogenated alkanes) is 1. The second-order valence-electron chi connectivity index (χ2n) is 3.62. The Morgan fingerprint density at radius 1 is 1.38 bits per heavy atom. The molecule has 2 heterocycles. The maximum absolute atomic E-state index is 3.67. The second-order valence-corrected chi connectivity index (χ2v) is 3.62. The first-order chi connectivity index (χ1) is 7.33. The molecule has 1 aliphatic rings. The number of aromatic amines is 1. The van der Waals surface area contributed by atoms with Gasteiger partial charge in [0, 0.05) is 38.4 Å². The maximum Gasteiger partial charge on any atom is 0.0919 e. The highest BCUT2D eigenvalue weighted by Gasteiger charge is 2.05. The first kappa shape index (κ1) is 15.0. The molecule has 92 valence electrons. The number of halogens is 1. The molecule has 0 radical (unpaired) electrons. The van der Waals surface area contributed by atoms with Crippen LogP contribution in [-0.4, -0.2) is 40.0 Å². The standard InChI is InChI=1S/C8H16N2.C3H4N2.BrH/c1-3-4-5-10-7-6-9(2)8-10;1-2-5-3-4-1;/h6-7H,3-5,8H2,1-2H3;1-3H,(H,4,5);1H. The molecule has 0 unspecified atom stereocenters. The summed E-state index contributed by atoms with van der Waals surface area (Å²) >= 11 is 0. The van der Waals surface area contributed by atoms with Crippen molar-refractivity contribution in [1.29, 1.82) is 0 Å². The summed E-state index contributed by atoms with van der Waals surface area (Å²) in [4.78, 5) is 10.9. The molecular weight excluding hydrogens is 268 g/mol. The van der Waals surface area contributed by atoms with Gasteiger partial charge in [0.2, 0.25) is 0 Å². The number of hydrogen-bond donors (Lipinski definition) is 1. The summed E-state index contributed by atoms with van der Waals surface area (Å²) in [6.07, 6.45) is 12.0. The van der Waals surface area contributed by atoms with E-state index in [1.165, 1.54) is 19.4 Å². The van der Waals surface area contributed by atoms with Crippen molar-refractivity contribution in [3.05, 3.63) is 31.1 Å². The third kappa shape index (κ3) is 6.50. The summed E-state index contributed by atoms with van der Waals surface area (Å²) < 4.78 is 0. The molecule has 0 aromatic carbocycles. The van der Waals surface area contributed by atoms with E-state index in [1.807, 2.05) is 0 Å². The lowest BCUT2D eigenvalue weighted by Crippen LogP contribution is -2.23. The number of H-pyrrole nitrogens is 1. The van der Waals surface area contributed by atoms with Gasteiger partial charge in [-0.25, -0.2) is 4.98 Å². The third-order valence-electron chi connectivity index (χ3n) is 2.14. The lowest BCUT2D eigenvalue weighted by Gasteiger charge is -2.17. The highest BCUT2D eigenvalue weighted by atomic mass is 79.9. The van der Waals surface area contributed by atoms with Crippen molar-refractivity contribution in [2.75, 3.05) is 20.3 Å². The zero-order valence-electron chi connectivity index (χ0n) is 9.97. The first-order valence-corrected chi connectivity index (χ1v) is 5.38. The Bertz CT molecular complexity index is 244. The molecule has 0 atom stereocenters. The molecule has 16 heavy (non-hydrogen) atoms. The van der Waals surface area contributed by atoms with Crippen LogP contribution in [0.2, 0.25) is 0 Å². The van der Waals surface area contributed by atoms with Gasteiger partial charge in [-0.1, -0.05) is 13.3 Å². The highest BCUT2D eigenvalue weighted by molar-refractivity contribution is 8.93. The van der Waals surface area contributed by atoms with E-state index in [-0.39, 0.29) is 17.0 Å². The molecule has 0 saturated carbocycles. The van der Waals surface area contributed by atoms with Gasteiger partial charge < -0.3 is 14.8 Å². The van der Waals surface area contributed by atoms with E-state index in [4.69, 9.17) is 0 Å². The smallest absolute Gasteiger partial charge is 0.0919 e. The Kier molecular flexibility index (Phi) is 8.71. The minimum atomic E-state index is 0. The van der Waals surface area contributed by atoms with Crippen molar-refractivity contribution in [3.8, 4) is 0 Å².